The predicted octanol–water partition coefficient (Wildman–Crippen LogP) is 3.67. The molecule has 29 heavy (non-hydrogen) atoms. The number of hydrogen-bond donors (Lipinski definition) is 1. The van der Waals surface area contributed by atoms with Crippen LogP contribution in [0.5, 0.6) is 0 Å². The van der Waals surface area contributed by atoms with Gasteiger partial charge < -0.3 is 15.1 Å². The average molecular weight is 387 g/mol. The largest absolute Gasteiger partial charge is 0.368 e. The van der Waals surface area contributed by atoms with Crippen molar-refractivity contribution in [3.63, 3.8) is 0 Å². The molecule has 1 saturated heterocycles. The minimum Gasteiger partial charge on any atom is -0.368 e. The number of benzene rings is 2. The van der Waals surface area contributed by atoms with E-state index in [1.165, 1.54) is 11.3 Å². The fourth-order valence-electron chi connectivity index (χ4n) is 3.55. The van der Waals surface area contributed by atoms with Gasteiger partial charge >= 0.3 is 0 Å². The number of carbonyl (C=O) groups is 1. The van der Waals surface area contributed by atoms with Crippen LogP contribution in [0.4, 0.5) is 17.2 Å². The maximum Gasteiger partial charge on any atom is 0.276 e. The van der Waals surface area contributed by atoms with Crippen LogP contribution < -0.4 is 15.1 Å². The van der Waals surface area contributed by atoms with E-state index in [1.807, 2.05) is 37.3 Å². The van der Waals surface area contributed by atoms with Gasteiger partial charge in [-0.3, -0.25) is 4.79 Å². The van der Waals surface area contributed by atoms with Crippen molar-refractivity contribution >= 4 is 23.1 Å². The van der Waals surface area contributed by atoms with Gasteiger partial charge in [-0.15, -0.1) is 10.2 Å². The molecule has 2 aromatic carbocycles. The van der Waals surface area contributed by atoms with Gasteiger partial charge in [0.05, 0.1) is 0 Å². The van der Waals surface area contributed by atoms with Gasteiger partial charge in [0, 0.05) is 37.6 Å². The van der Waals surface area contributed by atoms with E-state index >= 15 is 0 Å². The van der Waals surface area contributed by atoms with E-state index in [-0.39, 0.29) is 5.91 Å². The normalized spacial score (nSPS) is 14.0. The first-order valence-corrected chi connectivity index (χ1v) is 9.87. The van der Waals surface area contributed by atoms with Crippen LogP contribution >= 0.6 is 0 Å². The maximum absolute atomic E-state index is 12.4. The van der Waals surface area contributed by atoms with E-state index in [2.05, 4.69) is 56.5 Å². The summed E-state index contributed by atoms with van der Waals surface area (Å²) in [5, 5.41) is 11.3. The Morgan fingerprint density at radius 3 is 2.17 bits per heavy atom. The van der Waals surface area contributed by atoms with Crippen LogP contribution in [0.2, 0.25) is 0 Å². The zero-order valence-corrected chi connectivity index (χ0v) is 16.8. The Labute approximate surface area is 171 Å². The van der Waals surface area contributed by atoms with Gasteiger partial charge in [-0.1, -0.05) is 24.3 Å². The highest BCUT2D eigenvalue weighted by atomic mass is 16.1. The number of anilines is 3. The van der Waals surface area contributed by atoms with Crippen LogP contribution in [0.3, 0.4) is 0 Å². The molecule has 0 unspecified atom stereocenters. The summed E-state index contributed by atoms with van der Waals surface area (Å²) < 4.78 is 0. The highest BCUT2D eigenvalue weighted by Crippen LogP contribution is 2.20. The smallest absolute Gasteiger partial charge is 0.276 e. The molecule has 1 amide bonds. The van der Waals surface area contributed by atoms with Gasteiger partial charge in [0.15, 0.2) is 11.5 Å². The molecule has 0 spiro atoms. The fourth-order valence-corrected chi connectivity index (χ4v) is 3.55. The lowest BCUT2D eigenvalue weighted by atomic mass is 10.2. The Hall–Kier alpha value is -3.41. The number of nitrogens with one attached hydrogen (secondary N) is 1. The standard InChI is InChI=1S/C23H25N5O/c1-17-5-3-7-19(15-17)24-23(29)21-9-10-22(26-25-21)28-13-11-27(12-14-28)20-8-4-6-18(2)16-20/h3-10,15-16H,11-14H2,1-2H3,(H,24,29). The summed E-state index contributed by atoms with van der Waals surface area (Å²) in [5.74, 6) is 0.555. The first-order chi connectivity index (χ1) is 14.1. The zero-order chi connectivity index (χ0) is 20.2. The SMILES string of the molecule is Cc1cccc(NC(=O)c2ccc(N3CCN(c4cccc(C)c4)CC3)nn2)c1. The summed E-state index contributed by atoms with van der Waals surface area (Å²) >= 11 is 0. The lowest BCUT2D eigenvalue weighted by molar-refractivity contribution is 0.102. The summed E-state index contributed by atoms with van der Waals surface area (Å²) in [6, 6.07) is 19.9. The Bertz CT molecular complexity index is 994. The molecule has 6 nitrogen and oxygen atoms in total. The first kappa shape index (κ1) is 18.9. The van der Waals surface area contributed by atoms with Crippen molar-refractivity contribution in [3.8, 4) is 0 Å². The van der Waals surface area contributed by atoms with Crippen LogP contribution in [0.15, 0.2) is 60.7 Å². The molecule has 6 heteroatoms. The molecular formula is C23H25N5O. The minimum atomic E-state index is -0.251. The number of rotatable bonds is 4. The van der Waals surface area contributed by atoms with Crippen LogP contribution in [0.1, 0.15) is 21.6 Å². The van der Waals surface area contributed by atoms with Crippen LogP contribution in [-0.4, -0.2) is 42.3 Å². The van der Waals surface area contributed by atoms with Crippen molar-refractivity contribution in [2.45, 2.75) is 13.8 Å². The van der Waals surface area contributed by atoms with Crippen LogP contribution in [0, 0.1) is 13.8 Å². The molecule has 0 radical (unpaired) electrons. The van der Waals surface area contributed by atoms with E-state index in [0.29, 0.717) is 5.69 Å². The summed E-state index contributed by atoms with van der Waals surface area (Å²) in [6.07, 6.45) is 0. The monoisotopic (exact) mass is 387 g/mol. The first-order valence-electron chi connectivity index (χ1n) is 9.87. The molecule has 1 aliphatic rings. The minimum absolute atomic E-state index is 0.251. The van der Waals surface area contributed by atoms with Gasteiger partial charge in [-0.25, -0.2) is 0 Å². The van der Waals surface area contributed by atoms with Gasteiger partial charge in [0.1, 0.15) is 0 Å². The lowest BCUT2D eigenvalue weighted by Crippen LogP contribution is -2.47. The molecule has 0 aliphatic carbocycles. The van der Waals surface area contributed by atoms with Crippen molar-refractivity contribution in [2.75, 3.05) is 41.3 Å². The molecule has 1 aliphatic heterocycles. The Morgan fingerprint density at radius 2 is 1.52 bits per heavy atom. The molecule has 4 rings (SSSR count). The van der Waals surface area contributed by atoms with Gasteiger partial charge in [-0.05, 0) is 61.4 Å². The summed E-state index contributed by atoms with van der Waals surface area (Å²) in [5.41, 5.74) is 4.70. The van der Waals surface area contributed by atoms with Gasteiger partial charge in [0.25, 0.3) is 5.91 Å². The number of piperazine rings is 1. The van der Waals surface area contributed by atoms with E-state index in [9.17, 15) is 4.79 Å². The lowest BCUT2D eigenvalue weighted by Gasteiger charge is -2.36. The third kappa shape index (κ3) is 4.54. The van der Waals surface area contributed by atoms with Crippen molar-refractivity contribution < 1.29 is 4.79 Å². The van der Waals surface area contributed by atoms with Gasteiger partial charge in [-0.2, -0.15) is 0 Å². The molecule has 3 aromatic rings. The molecule has 0 bridgehead atoms. The number of aromatic nitrogens is 2. The molecular weight excluding hydrogens is 362 g/mol. The molecule has 148 valence electrons. The highest BCUT2D eigenvalue weighted by molar-refractivity contribution is 6.02. The predicted molar refractivity (Wildman–Crippen MR) is 117 cm³/mol. The fraction of sp³-hybridized carbons (Fsp3) is 0.261. The van der Waals surface area contributed by atoms with Gasteiger partial charge in [0.2, 0.25) is 0 Å². The number of hydrogen-bond acceptors (Lipinski definition) is 5. The molecule has 0 saturated carbocycles. The van der Waals surface area contributed by atoms with Crippen molar-refractivity contribution in [3.05, 3.63) is 77.5 Å². The molecule has 1 N–H and O–H groups in total. The second-order valence-electron chi connectivity index (χ2n) is 7.41. The van der Waals surface area contributed by atoms with Crippen LogP contribution in [-0.2, 0) is 0 Å². The van der Waals surface area contributed by atoms with Crippen molar-refractivity contribution in [1.82, 2.24) is 10.2 Å². The third-order valence-corrected chi connectivity index (χ3v) is 5.13. The zero-order valence-electron chi connectivity index (χ0n) is 16.8. The third-order valence-electron chi connectivity index (χ3n) is 5.13. The highest BCUT2D eigenvalue weighted by Gasteiger charge is 2.19. The van der Waals surface area contributed by atoms with E-state index < -0.39 is 0 Å². The Kier molecular flexibility index (Phi) is 5.42. The number of nitrogens with zero attached hydrogens (tertiary/aromatic N) is 4. The molecule has 1 aromatic heterocycles. The van der Waals surface area contributed by atoms with E-state index in [1.54, 1.807) is 6.07 Å². The maximum atomic E-state index is 12.4. The number of amides is 1. The summed E-state index contributed by atoms with van der Waals surface area (Å²) in [7, 11) is 0. The molecule has 0 atom stereocenters. The Morgan fingerprint density at radius 1 is 0.828 bits per heavy atom. The molecule has 2 heterocycles. The number of aryl methyl sites for hydroxylation is 2. The number of carbonyl (C=O) groups excluding carboxylic acids is 1. The summed E-state index contributed by atoms with van der Waals surface area (Å²) in [4.78, 5) is 17.0. The topological polar surface area (TPSA) is 61.4 Å². The van der Waals surface area contributed by atoms with Crippen molar-refractivity contribution in [2.24, 2.45) is 0 Å². The van der Waals surface area contributed by atoms with E-state index in [4.69, 9.17) is 0 Å². The molecule has 1 fully saturated rings. The quantitative estimate of drug-likeness (QED) is 0.740. The Balaban J connectivity index is 1.36. The van der Waals surface area contributed by atoms with Crippen LogP contribution in [0.25, 0.3) is 0 Å². The second-order valence-corrected chi connectivity index (χ2v) is 7.41. The average Bonchev–Trinajstić information content (AvgIpc) is 2.74. The van der Waals surface area contributed by atoms with E-state index in [0.717, 1.165) is 43.2 Å². The second kappa shape index (κ2) is 8.31. The summed E-state index contributed by atoms with van der Waals surface area (Å²) in [6.45, 7) is 7.71. The van der Waals surface area contributed by atoms with Crippen molar-refractivity contribution in [1.29, 1.82) is 0 Å².